The highest BCUT2D eigenvalue weighted by Gasteiger charge is 2.30. The monoisotopic (exact) mass is 540 g/mol. The van der Waals surface area contributed by atoms with Crippen LogP contribution in [-0.4, -0.2) is 59.6 Å². The molecule has 1 heterocycles. The molecule has 10 heteroatoms. The number of aliphatic hydroxyl groups is 1. The van der Waals surface area contributed by atoms with E-state index in [9.17, 15) is 27.9 Å². The van der Waals surface area contributed by atoms with Crippen LogP contribution in [0.25, 0.3) is 0 Å². The predicted molar refractivity (Wildman–Crippen MR) is 143 cm³/mol. The first-order chi connectivity index (χ1) is 18.6. The molecule has 0 spiro atoms. The van der Waals surface area contributed by atoms with Gasteiger partial charge in [-0.1, -0.05) is 42.5 Å². The molecule has 1 saturated heterocycles. The minimum Gasteiger partial charge on any atom is -0.392 e. The van der Waals surface area contributed by atoms with E-state index < -0.39 is 17.8 Å². The predicted octanol–water partition coefficient (Wildman–Crippen LogP) is 5.16. The first-order valence-electron chi connectivity index (χ1n) is 12.6. The highest BCUT2D eigenvalue weighted by molar-refractivity contribution is 5.99. The zero-order valence-corrected chi connectivity index (χ0v) is 21.5. The maximum Gasteiger partial charge on any atom is 0.416 e. The number of anilines is 2. The van der Waals surface area contributed by atoms with Gasteiger partial charge >= 0.3 is 12.2 Å². The van der Waals surface area contributed by atoms with Crippen molar-refractivity contribution in [2.75, 3.05) is 37.3 Å². The molecule has 0 aromatic heterocycles. The fourth-order valence-corrected chi connectivity index (χ4v) is 4.62. The van der Waals surface area contributed by atoms with E-state index in [1.165, 1.54) is 12.1 Å². The fraction of sp³-hybridized carbons (Fsp3) is 0.310. The summed E-state index contributed by atoms with van der Waals surface area (Å²) in [6.45, 7) is 1.96. The Morgan fingerprint density at radius 2 is 1.69 bits per heavy atom. The molecule has 1 aliphatic heterocycles. The number of hydrogen-bond acceptors (Lipinski definition) is 4. The lowest BCUT2D eigenvalue weighted by Crippen LogP contribution is -2.39. The van der Waals surface area contributed by atoms with E-state index in [0.717, 1.165) is 24.2 Å². The van der Waals surface area contributed by atoms with Gasteiger partial charge in [0.25, 0.3) is 0 Å². The van der Waals surface area contributed by atoms with Crippen molar-refractivity contribution < 1.29 is 27.9 Å². The van der Waals surface area contributed by atoms with Crippen LogP contribution in [-0.2, 0) is 17.4 Å². The molecule has 0 bridgehead atoms. The molecule has 2 atom stereocenters. The van der Waals surface area contributed by atoms with E-state index >= 15 is 0 Å². The van der Waals surface area contributed by atoms with Gasteiger partial charge < -0.3 is 20.6 Å². The summed E-state index contributed by atoms with van der Waals surface area (Å²) in [5.41, 5.74) is 1.56. The van der Waals surface area contributed by atoms with E-state index in [0.29, 0.717) is 30.8 Å². The minimum absolute atomic E-state index is 0.102. The van der Waals surface area contributed by atoms with Crippen molar-refractivity contribution in [3.63, 3.8) is 0 Å². The standard InChI is InChI=1S/C29H31F3N4O3/c1-35(26(21-7-3-2-4-8-21)19-36-15-14-25(37)18-36)27(38)17-20-6-5-9-24(16-20)34-28(39)33-23-12-10-22(11-13-23)29(30,31)32/h2-13,16,25-26,37H,14-15,17-19H2,1H3,(H2,33,34,39). The summed E-state index contributed by atoms with van der Waals surface area (Å²) >= 11 is 0. The normalized spacial score (nSPS) is 16.5. The third-order valence-corrected chi connectivity index (χ3v) is 6.73. The molecule has 39 heavy (non-hydrogen) atoms. The first-order valence-corrected chi connectivity index (χ1v) is 12.6. The van der Waals surface area contributed by atoms with Gasteiger partial charge in [0.1, 0.15) is 0 Å². The molecule has 1 aliphatic rings. The van der Waals surface area contributed by atoms with Gasteiger partial charge in [0, 0.05) is 38.1 Å². The summed E-state index contributed by atoms with van der Waals surface area (Å²) in [6, 6.07) is 20.0. The molecule has 206 valence electrons. The number of amides is 3. The van der Waals surface area contributed by atoms with Crippen molar-refractivity contribution in [2.45, 2.75) is 31.2 Å². The molecular formula is C29H31F3N4O3. The maximum absolute atomic E-state index is 13.3. The number of carbonyl (C=O) groups excluding carboxylic acids is 2. The average Bonchev–Trinajstić information content (AvgIpc) is 3.32. The van der Waals surface area contributed by atoms with Gasteiger partial charge in [-0.05, 0) is 53.9 Å². The number of rotatable bonds is 8. The summed E-state index contributed by atoms with van der Waals surface area (Å²) in [7, 11) is 1.77. The Bertz CT molecular complexity index is 1270. The number of likely N-dealkylation sites (tertiary alicyclic amines) is 1. The number of aliphatic hydroxyl groups excluding tert-OH is 1. The lowest BCUT2D eigenvalue weighted by molar-refractivity contribution is -0.137. The van der Waals surface area contributed by atoms with Crippen LogP contribution in [0, 0.1) is 0 Å². The van der Waals surface area contributed by atoms with Crippen molar-refractivity contribution >= 4 is 23.3 Å². The van der Waals surface area contributed by atoms with Gasteiger partial charge in [-0.15, -0.1) is 0 Å². The number of nitrogens with one attached hydrogen (secondary N) is 2. The van der Waals surface area contributed by atoms with Gasteiger partial charge in [0.05, 0.1) is 24.1 Å². The topological polar surface area (TPSA) is 84.9 Å². The van der Waals surface area contributed by atoms with Gasteiger partial charge in [-0.25, -0.2) is 4.79 Å². The molecule has 0 radical (unpaired) electrons. The number of benzene rings is 3. The van der Waals surface area contributed by atoms with Crippen LogP contribution in [0.5, 0.6) is 0 Å². The van der Waals surface area contributed by atoms with Crippen molar-refractivity contribution in [1.82, 2.24) is 9.80 Å². The highest BCUT2D eigenvalue weighted by Crippen LogP contribution is 2.30. The number of β-amino-alcohol motifs (C(OH)–C–C–N with tert-alkyl or cyclic N) is 1. The summed E-state index contributed by atoms with van der Waals surface area (Å²) in [5.74, 6) is -0.102. The van der Waals surface area contributed by atoms with Crippen LogP contribution >= 0.6 is 0 Å². The van der Waals surface area contributed by atoms with Gasteiger partial charge in [-0.2, -0.15) is 13.2 Å². The molecule has 0 saturated carbocycles. The molecule has 1 fully saturated rings. The largest absolute Gasteiger partial charge is 0.416 e. The second-order valence-corrected chi connectivity index (χ2v) is 9.66. The molecule has 3 N–H and O–H groups in total. The van der Waals surface area contributed by atoms with Crippen molar-refractivity contribution in [3.8, 4) is 0 Å². The third kappa shape index (κ3) is 7.81. The van der Waals surface area contributed by atoms with E-state index in [1.807, 2.05) is 30.3 Å². The Labute approximate surface area is 225 Å². The van der Waals surface area contributed by atoms with E-state index in [-0.39, 0.29) is 30.2 Å². The number of urea groups is 1. The van der Waals surface area contributed by atoms with Crippen LogP contribution < -0.4 is 10.6 Å². The van der Waals surface area contributed by atoms with E-state index in [4.69, 9.17) is 0 Å². The minimum atomic E-state index is -4.45. The smallest absolute Gasteiger partial charge is 0.392 e. The number of nitrogens with zero attached hydrogens (tertiary/aromatic N) is 2. The van der Waals surface area contributed by atoms with Crippen LogP contribution in [0.4, 0.5) is 29.3 Å². The van der Waals surface area contributed by atoms with Crippen molar-refractivity contribution in [1.29, 1.82) is 0 Å². The SMILES string of the molecule is CN(C(=O)Cc1cccc(NC(=O)Nc2ccc(C(F)(F)F)cc2)c1)C(CN1CCC(O)C1)c1ccccc1. The molecule has 2 unspecified atom stereocenters. The molecule has 3 aromatic carbocycles. The molecule has 3 aromatic rings. The third-order valence-electron chi connectivity index (χ3n) is 6.73. The Hall–Kier alpha value is -3.89. The maximum atomic E-state index is 13.3. The Kier molecular flexibility index (Phi) is 8.88. The molecule has 4 rings (SSSR count). The number of likely N-dealkylation sites (N-methyl/N-ethyl adjacent to an activating group) is 1. The van der Waals surface area contributed by atoms with E-state index in [2.05, 4.69) is 15.5 Å². The van der Waals surface area contributed by atoms with Crippen molar-refractivity contribution in [2.24, 2.45) is 0 Å². The lowest BCUT2D eigenvalue weighted by Gasteiger charge is -2.32. The van der Waals surface area contributed by atoms with Crippen LogP contribution in [0.15, 0.2) is 78.9 Å². The quantitative estimate of drug-likeness (QED) is 0.369. The van der Waals surface area contributed by atoms with E-state index in [1.54, 1.807) is 36.2 Å². The zero-order chi connectivity index (χ0) is 28.0. The fourth-order valence-electron chi connectivity index (χ4n) is 4.62. The number of carbonyl (C=O) groups is 2. The van der Waals surface area contributed by atoms with Crippen LogP contribution in [0.3, 0.4) is 0 Å². The van der Waals surface area contributed by atoms with Gasteiger partial charge in [0.15, 0.2) is 0 Å². The summed E-state index contributed by atoms with van der Waals surface area (Å²) in [6.07, 6.45) is -3.98. The molecular weight excluding hydrogens is 509 g/mol. The second kappa shape index (κ2) is 12.3. The number of alkyl halides is 3. The molecule has 7 nitrogen and oxygen atoms in total. The summed E-state index contributed by atoms with van der Waals surface area (Å²) in [5, 5.41) is 15.1. The number of hydrogen-bond donors (Lipinski definition) is 3. The van der Waals surface area contributed by atoms with Gasteiger partial charge in [-0.3, -0.25) is 9.69 Å². The number of halogens is 3. The second-order valence-electron chi connectivity index (χ2n) is 9.66. The highest BCUT2D eigenvalue weighted by atomic mass is 19.4. The van der Waals surface area contributed by atoms with Crippen LogP contribution in [0.1, 0.15) is 29.2 Å². The first kappa shape index (κ1) is 28.1. The van der Waals surface area contributed by atoms with Crippen molar-refractivity contribution in [3.05, 3.63) is 95.6 Å². The summed E-state index contributed by atoms with van der Waals surface area (Å²) < 4.78 is 38.2. The summed E-state index contributed by atoms with van der Waals surface area (Å²) in [4.78, 5) is 29.6. The van der Waals surface area contributed by atoms with Gasteiger partial charge in [0.2, 0.25) is 5.91 Å². The lowest BCUT2D eigenvalue weighted by atomic mass is 10.0. The molecule has 0 aliphatic carbocycles. The average molecular weight is 541 g/mol. The van der Waals surface area contributed by atoms with Crippen LogP contribution in [0.2, 0.25) is 0 Å². The Morgan fingerprint density at radius 1 is 1.00 bits per heavy atom. The Balaban J connectivity index is 1.38. The zero-order valence-electron chi connectivity index (χ0n) is 21.5. The molecule has 3 amide bonds. The Morgan fingerprint density at radius 3 is 2.33 bits per heavy atom.